The monoisotopic (exact) mass is 289 g/mol. The molecule has 0 bridgehead atoms. The lowest BCUT2D eigenvalue weighted by atomic mass is 10.2. The van der Waals surface area contributed by atoms with E-state index in [2.05, 4.69) is 19.2 Å². The van der Waals surface area contributed by atoms with Gasteiger partial charge in [0, 0.05) is 12.1 Å². The minimum absolute atomic E-state index is 0.314. The van der Waals surface area contributed by atoms with E-state index in [1.165, 1.54) is 6.07 Å². The van der Waals surface area contributed by atoms with Gasteiger partial charge < -0.3 is 15.2 Å². The van der Waals surface area contributed by atoms with Crippen molar-refractivity contribution in [3.8, 4) is 11.5 Å². The Balaban J connectivity index is 2.07. The van der Waals surface area contributed by atoms with E-state index in [0.29, 0.717) is 24.6 Å². The Morgan fingerprint density at radius 3 is 2.67 bits per heavy atom. The molecule has 0 spiro atoms. The van der Waals surface area contributed by atoms with Gasteiger partial charge in [0.1, 0.15) is 5.75 Å². The van der Waals surface area contributed by atoms with Crippen LogP contribution < -0.4 is 10.1 Å². The van der Waals surface area contributed by atoms with Crippen molar-refractivity contribution in [3.63, 3.8) is 0 Å². The SMILES string of the molecule is CC(C)COc1ccccc1NCc1cccc(F)c1O. The fourth-order valence-electron chi connectivity index (χ4n) is 1.89. The van der Waals surface area contributed by atoms with Crippen LogP contribution in [0.4, 0.5) is 10.1 Å². The second-order valence-electron chi connectivity index (χ2n) is 5.30. The summed E-state index contributed by atoms with van der Waals surface area (Å²) >= 11 is 0. The summed E-state index contributed by atoms with van der Waals surface area (Å²) in [6.07, 6.45) is 0. The molecular formula is C17H20FNO2. The van der Waals surface area contributed by atoms with Gasteiger partial charge in [0.05, 0.1) is 12.3 Å². The Labute approximate surface area is 124 Å². The Morgan fingerprint density at radius 1 is 1.14 bits per heavy atom. The third-order valence-electron chi connectivity index (χ3n) is 3.00. The molecule has 0 unspecified atom stereocenters. The van der Waals surface area contributed by atoms with E-state index < -0.39 is 5.82 Å². The number of halogens is 1. The summed E-state index contributed by atoms with van der Waals surface area (Å²) in [5.74, 6) is 0.261. The fourth-order valence-corrected chi connectivity index (χ4v) is 1.89. The van der Waals surface area contributed by atoms with Gasteiger partial charge in [0.25, 0.3) is 0 Å². The van der Waals surface area contributed by atoms with Gasteiger partial charge in [-0.15, -0.1) is 0 Å². The standard InChI is InChI=1S/C17H20FNO2/c1-12(2)11-21-16-9-4-3-8-15(16)19-10-13-6-5-7-14(18)17(13)20/h3-9,12,19-20H,10-11H2,1-2H3. The van der Waals surface area contributed by atoms with Crippen molar-refractivity contribution in [3.05, 3.63) is 53.8 Å². The van der Waals surface area contributed by atoms with E-state index in [1.807, 2.05) is 24.3 Å². The van der Waals surface area contributed by atoms with Crippen LogP contribution in [-0.2, 0) is 6.54 Å². The number of benzene rings is 2. The maximum Gasteiger partial charge on any atom is 0.165 e. The lowest BCUT2D eigenvalue weighted by Crippen LogP contribution is -2.07. The molecule has 0 atom stereocenters. The molecular weight excluding hydrogens is 269 g/mol. The van der Waals surface area contributed by atoms with Crippen LogP contribution in [0.3, 0.4) is 0 Å². The zero-order valence-electron chi connectivity index (χ0n) is 12.3. The van der Waals surface area contributed by atoms with Crippen LogP contribution in [0.25, 0.3) is 0 Å². The van der Waals surface area contributed by atoms with E-state index in [-0.39, 0.29) is 5.75 Å². The molecule has 0 amide bonds. The highest BCUT2D eigenvalue weighted by atomic mass is 19.1. The quantitative estimate of drug-likeness (QED) is 0.838. The highest BCUT2D eigenvalue weighted by Crippen LogP contribution is 2.27. The predicted octanol–water partition coefficient (Wildman–Crippen LogP) is 4.18. The summed E-state index contributed by atoms with van der Waals surface area (Å²) in [6, 6.07) is 12.1. The molecule has 112 valence electrons. The van der Waals surface area contributed by atoms with Gasteiger partial charge in [-0.3, -0.25) is 0 Å². The van der Waals surface area contributed by atoms with Crippen molar-refractivity contribution < 1.29 is 14.2 Å². The zero-order chi connectivity index (χ0) is 15.2. The molecule has 0 heterocycles. The second-order valence-corrected chi connectivity index (χ2v) is 5.30. The van der Waals surface area contributed by atoms with Crippen molar-refractivity contribution in [1.29, 1.82) is 0 Å². The van der Waals surface area contributed by atoms with E-state index in [1.54, 1.807) is 12.1 Å². The van der Waals surface area contributed by atoms with Crippen LogP contribution in [0.1, 0.15) is 19.4 Å². The fraction of sp³-hybridized carbons (Fsp3) is 0.294. The number of para-hydroxylation sites is 3. The molecule has 3 nitrogen and oxygen atoms in total. The van der Waals surface area contributed by atoms with Crippen molar-refractivity contribution in [1.82, 2.24) is 0 Å². The summed E-state index contributed by atoms with van der Waals surface area (Å²) < 4.78 is 19.0. The highest BCUT2D eigenvalue weighted by molar-refractivity contribution is 5.56. The average molecular weight is 289 g/mol. The molecule has 2 aromatic rings. The first kappa shape index (κ1) is 15.2. The second kappa shape index (κ2) is 6.97. The molecule has 0 radical (unpaired) electrons. The number of rotatable bonds is 6. The molecule has 0 aliphatic heterocycles. The van der Waals surface area contributed by atoms with E-state index >= 15 is 0 Å². The molecule has 2 rings (SSSR count). The van der Waals surface area contributed by atoms with Gasteiger partial charge >= 0.3 is 0 Å². The third kappa shape index (κ3) is 4.12. The number of anilines is 1. The molecule has 0 fully saturated rings. The maximum absolute atomic E-state index is 13.3. The summed E-state index contributed by atoms with van der Waals surface area (Å²) in [4.78, 5) is 0. The molecule has 2 N–H and O–H groups in total. The average Bonchev–Trinajstić information content (AvgIpc) is 2.47. The van der Waals surface area contributed by atoms with Crippen molar-refractivity contribution >= 4 is 5.69 Å². The van der Waals surface area contributed by atoms with Gasteiger partial charge in [-0.25, -0.2) is 4.39 Å². The van der Waals surface area contributed by atoms with Gasteiger partial charge in [-0.1, -0.05) is 38.1 Å². The molecule has 0 saturated carbocycles. The van der Waals surface area contributed by atoms with Gasteiger partial charge in [0.2, 0.25) is 0 Å². The Morgan fingerprint density at radius 2 is 1.90 bits per heavy atom. The Hall–Kier alpha value is -2.23. The van der Waals surface area contributed by atoms with Crippen molar-refractivity contribution in [2.75, 3.05) is 11.9 Å². The van der Waals surface area contributed by atoms with Gasteiger partial charge in [0.15, 0.2) is 11.6 Å². The van der Waals surface area contributed by atoms with Crippen molar-refractivity contribution in [2.24, 2.45) is 5.92 Å². The number of phenolic OH excluding ortho intramolecular Hbond substituents is 1. The van der Waals surface area contributed by atoms with Crippen molar-refractivity contribution in [2.45, 2.75) is 20.4 Å². The number of nitrogens with one attached hydrogen (secondary N) is 1. The molecule has 2 aromatic carbocycles. The Bertz CT molecular complexity index is 599. The Kier molecular flexibility index (Phi) is 5.04. The number of phenols is 1. The van der Waals surface area contributed by atoms with E-state index in [4.69, 9.17) is 4.74 Å². The molecule has 21 heavy (non-hydrogen) atoms. The van der Waals surface area contributed by atoms with Crippen LogP contribution in [0.5, 0.6) is 11.5 Å². The molecule has 0 aliphatic carbocycles. The van der Waals surface area contributed by atoms with Gasteiger partial charge in [-0.05, 0) is 24.1 Å². The lowest BCUT2D eigenvalue weighted by Gasteiger charge is -2.15. The first-order chi connectivity index (χ1) is 10.1. The molecule has 0 aromatic heterocycles. The normalized spacial score (nSPS) is 10.7. The summed E-state index contributed by atoms with van der Waals surface area (Å²) in [6.45, 7) is 5.12. The summed E-state index contributed by atoms with van der Waals surface area (Å²) in [5.41, 5.74) is 1.33. The minimum Gasteiger partial charge on any atom is -0.505 e. The molecule has 0 saturated heterocycles. The van der Waals surface area contributed by atoms with Crippen LogP contribution in [0.2, 0.25) is 0 Å². The minimum atomic E-state index is -0.612. The largest absolute Gasteiger partial charge is 0.505 e. The summed E-state index contributed by atoms with van der Waals surface area (Å²) in [5, 5.41) is 12.8. The third-order valence-corrected chi connectivity index (χ3v) is 3.00. The highest BCUT2D eigenvalue weighted by Gasteiger charge is 2.08. The topological polar surface area (TPSA) is 41.5 Å². The van der Waals surface area contributed by atoms with Crippen LogP contribution in [0.15, 0.2) is 42.5 Å². The smallest absolute Gasteiger partial charge is 0.165 e. The number of aromatic hydroxyl groups is 1. The maximum atomic E-state index is 13.3. The first-order valence-corrected chi connectivity index (χ1v) is 7.00. The number of hydrogen-bond acceptors (Lipinski definition) is 3. The van der Waals surface area contributed by atoms with Gasteiger partial charge in [-0.2, -0.15) is 0 Å². The number of hydrogen-bond donors (Lipinski definition) is 2. The molecule has 0 aliphatic rings. The van der Waals surface area contributed by atoms with Crippen LogP contribution in [-0.4, -0.2) is 11.7 Å². The van der Waals surface area contributed by atoms with Crippen LogP contribution in [0, 0.1) is 11.7 Å². The zero-order valence-corrected chi connectivity index (χ0v) is 12.3. The molecule has 4 heteroatoms. The summed E-state index contributed by atoms with van der Waals surface area (Å²) in [7, 11) is 0. The van der Waals surface area contributed by atoms with E-state index in [0.717, 1.165) is 11.4 Å². The van der Waals surface area contributed by atoms with Crippen LogP contribution >= 0.6 is 0 Å². The lowest BCUT2D eigenvalue weighted by molar-refractivity contribution is 0.272. The first-order valence-electron chi connectivity index (χ1n) is 7.00. The number of ether oxygens (including phenoxy) is 1. The van der Waals surface area contributed by atoms with E-state index in [9.17, 15) is 9.50 Å². The predicted molar refractivity (Wildman–Crippen MR) is 82.2 cm³/mol.